The van der Waals surface area contributed by atoms with E-state index < -0.39 is 5.97 Å². The van der Waals surface area contributed by atoms with E-state index in [1.165, 1.54) is 0 Å². The number of aliphatic carboxylic acids is 1. The summed E-state index contributed by atoms with van der Waals surface area (Å²) in [4.78, 5) is 22.3. The van der Waals surface area contributed by atoms with Crippen LogP contribution in [0.25, 0.3) is 0 Å². The van der Waals surface area contributed by atoms with Crippen molar-refractivity contribution in [3.8, 4) is 0 Å². The highest BCUT2D eigenvalue weighted by molar-refractivity contribution is 5.91. The number of nitrogens with one attached hydrogen (secondary N) is 1. The van der Waals surface area contributed by atoms with Crippen molar-refractivity contribution in [3.63, 3.8) is 0 Å². The van der Waals surface area contributed by atoms with Gasteiger partial charge in [-0.2, -0.15) is 0 Å². The van der Waals surface area contributed by atoms with E-state index in [0.717, 1.165) is 19.3 Å². The fraction of sp³-hybridized carbons (Fsp3) is 0.643. The summed E-state index contributed by atoms with van der Waals surface area (Å²) in [5, 5.41) is 15.1. The molecule has 0 saturated heterocycles. The average Bonchev–Trinajstić information content (AvgIpc) is 2.82. The first kappa shape index (κ1) is 16.2. The zero-order valence-electron chi connectivity index (χ0n) is 12.0. The molecule has 112 valence electrons. The number of rotatable bonds is 9. The van der Waals surface area contributed by atoms with Gasteiger partial charge in [0.25, 0.3) is 5.91 Å². The molecule has 0 aromatic carbocycles. The van der Waals surface area contributed by atoms with E-state index in [-0.39, 0.29) is 18.1 Å². The van der Waals surface area contributed by atoms with Crippen LogP contribution in [0.2, 0.25) is 0 Å². The maximum atomic E-state index is 11.7. The van der Waals surface area contributed by atoms with E-state index in [0.29, 0.717) is 24.6 Å². The highest BCUT2D eigenvalue weighted by atomic mass is 16.5. The normalized spacial score (nSPS) is 12.1. The molecule has 6 heteroatoms. The van der Waals surface area contributed by atoms with Crippen LogP contribution in [0.5, 0.6) is 0 Å². The molecule has 6 nitrogen and oxygen atoms in total. The molecule has 0 bridgehead atoms. The number of carbonyl (C=O) groups excluding carboxylic acids is 1. The van der Waals surface area contributed by atoms with Crippen LogP contribution in [0, 0.1) is 12.8 Å². The molecule has 0 spiro atoms. The van der Waals surface area contributed by atoms with Crippen molar-refractivity contribution in [1.82, 2.24) is 10.5 Å². The van der Waals surface area contributed by atoms with Crippen LogP contribution in [0.15, 0.2) is 10.6 Å². The molecule has 0 radical (unpaired) electrons. The van der Waals surface area contributed by atoms with Gasteiger partial charge in [-0.25, -0.2) is 0 Å². The highest BCUT2D eigenvalue weighted by Crippen LogP contribution is 2.17. The molecule has 1 aromatic rings. The predicted molar refractivity (Wildman–Crippen MR) is 73.5 cm³/mol. The fourth-order valence-electron chi connectivity index (χ4n) is 2.12. The van der Waals surface area contributed by atoms with Crippen molar-refractivity contribution in [2.45, 2.75) is 46.0 Å². The van der Waals surface area contributed by atoms with Crippen LogP contribution in [0.3, 0.4) is 0 Å². The smallest absolute Gasteiger partial charge is 0.303 e. The molecule has 0 aliphatic heterocycles. The van der Waals surface area contributed by atoms with E-state index >= 15 is 0 Å². The molecule has 1 rings (SSSR count). The van der Waals surface area contributed by atoms with Gasteiger partial charge in [-0.05, 0) is 25.7 Å². The van der Waals surface area contributed by atoms with Crippen LogP contribution >= 0.6 is 0 Å². The van der Waals surface area contributed by atoms with E-state index in [1.807, 2.05) is 0 Å². The van der Waals surface area contributed by atoms with Crippen LogP contribution in [0.1, 0.15) is 55.3 Å². The van der Waals surface area contributed by atoms with Crippen molar-refractivity contribution in [2.75, 3.05) is 6.54 Å². The van der Waals surface area contributed by atoms with E-state index in [4.69, 9.17) is 9.63 Å². The molecular weight excluding hydrogens is 260 g/mol. The fourth-order valence-corrected chi connectivity index (χ4v) is 2.12. The summed E-state index contributed by atoms with van der Waals surface area (Å²) in [6.07, 6.45) is 3.60. The van der Waals surface area contributed by atoms with Gasteiger partial charge < -0.3 is 14.9 Å². The van der Waals surface area contributed by atoms with Crippen molar-refractivity contribution in [2.24, 2.45) is 5.92 Å². The molecule has 1 atom stereocenters. The SMILES string of the molecule is CCCC(CCNC(=O)c1cc(C)no1)CCC(=O)O. The Bertz CT molecular complexity index is 442. The number of hydrogen-bond acceptors (Lipinski definition) is 4. The zero-order valence-corrected chi connectivity index (χ0v) is 12.0. The van der Waals surface area contributed by atoms with Gasteiger partial charge in [-0.3, -0.25) is 9.59 Å². The monoisotopic (exact) mass is 282 g/mol. The van der Waals surface area contributed by atoms with Gasteiger partial charge in [0.15, 0.2) is 0 Å². The molecule has 1 amide bonds. The van der Waals surface area contributed by atoms with Crippen molar-refractivity contribution >= 4 is 11.9 Å². The summed E-state index contributed by atoms with van der Waals surface area (Å²) in [5.74, 6) is -0.515. The molecule has 0 aliphatic carbocycles. The summed E-state index contributed by atoms with van der Waals surface area (Å²) in [6.45, 7) is 4.34. The number of aromatic nitrogens is 1. The summed E-state index contributed by atoms with van der Waals surface area (Å²) < 4.78 is 4.87. The highest BCUT2D eigenvalue weighted by Gasteiger charge is 2.13. The standard InChI is InChI=1S/C14H22N2O4/c1-3-4-11(5-6-13(17)18)7-8-15-14(19)12-9-10(2)16-20-12/h9,11H,3-8H2,1-2H3,(H,15,19)(H,17,18). The maximum Gasteiger partial charge on any atom is 0.303 e. The van der Waals surface area contributed by atoms with Crippen LogP contribution < -0.4 is 5.32 Å². The molecule has 0 saturated carbocycles. The number of amides is 1. The maximum absolute atomic E-state index is 11.7. The molecular formula is C14H22N2O4. The molecule has 1 aromatic heterocycles. The van der Waals surface area contributed by atoms with Crippen LogP contribution in [-0.2, 0) is 4.79 Å². The Morgan fingerprint density at radius 2 is 2.15 bits per heavy atom. The molecule has 0 fully saturated rings. The summed E-state index contributed by atoms with van der Waals surface area (Å²) in [6, 6.07) is 1.59. The molecule has 2 N–H and O–H groups in total. The second-order valence-electron chi connectivity index (χ2n) is 4.96. The minimum Gasteiger partial charge on any atom is -0.481 e. The Morgan fingerprint density at radius 3 is 2.70 bits per heavy atom. The minimum atomic E-state index is -0.771. The van der Waals surface area contributed by atoms with Crippen LogP contribution in [-0.4, -0.2) is 28.7 Å². The Balaban J connectivity index is 2.32. The number of nitrogens with zero attached hydrogens (tertiary/aromatic N) is 1. The topological polar surface area (TPSA) is 92.4 Å². The lowest BCUT2D eigenvalue weighted by Crippen LogP contribution is -2.25. The number of carboxylic acids is 1. The predicted octanol–water partition coefficient (Wildman–Crippen LogP) is 2.38. The third kappa shape index (κ3) is 5.86. The number of carbonyl (C=O) groups is 2. The molecule has 0 aliphatic rings. The first-order chi connectivity index (χ1) is 9.52. The summed E-state index contributed by atoms with van der Waals surface area (Å²) in [5.41, 5.74) is 0.667. The lowest BCUT2D eigenvalue weighted by Gasteiger charge is -2.14. The Hall–Kier alpha value is -1.85. The number of carboxylic acid groups (broad SMARTS) is 1. The third-order valence-electron chi connectivity index (χ3n) is 3.15. The van der Waals surface area contributed by atoms with Crippen molar-refractivity contribution < 1.29 is 19.2 Å². The van der Waals surface area contributed by atoms with Crippen molar-refractivity contribution in [1.29, 1.82) is 0 Å². The van der Waals surface area contributed by atoms with Gasteiger partial charge in [0.05, 0.1) is 5.69 Å². The van der Waals surface area contributed by atoms with Gasteiger partial charge in [-0.1, -0.05) is 24.9 Å². The number of aryl methyl sites for hydroxylation is 1. The first-order valence-corrected chi connectivity index (χ1v) is 6.96. The van der Waals surface area contributed by atoms with Gasteiger partial charge in [-0.15, -0.1) is 0 Å². The zero-order chi connectivity index (χ0) is 15.0. The Morgan fingerprint density at radius 1 is 1.40 bits per heavy atom. The van der Waals surface area contributed by atoms with Gasteiger partial charge in [0.2, 0.25) is 5.76 Å². The lowest BCUT2D eigenvalue weighted by atomic mass is 9.94. The molecule has 20 heavy (non-hydrogen) atoms. The first-order valence-electron chi connectivity index (χ1n) is 6.96. The summed E-state index contributed by atoms with van der Waals surface area (Å²) in [7, 11) is 0. The van der Waals surface area contributed by atoms with E-state index in [1.54, 1.807) is 13.0 Å². The molecule has 1 heterocycles. The van der Waals surface area contributed by atoms with Gasteiger partial charge >= 0.3 is 5.97 Å². The second kappa shape index (κ2) is 8.35. The molecule has 1 unspecified atom stereocenters. The Kier molecular flexibility index (Phi) is 6.76. The van der Waals surface area contributed by atoms with Crippen LogP contribution in [0.4, 0.5) is 0 Å². The van der Waals surface area contributed by atoms with Gasteiger partial charge in [0, 0.05) is 19.0 Å². The second-order valence-corrected chi connectivity index (χ2v) is 4.96. The lowest BCUT2D eigenvalue weighted by molar-refractivity contribution is -0.137. The number of hydrogen-bond donors (Lipinski definition) is 2. The van der Waals surface area contributed by atoms with Gasteiger partial charge in [0.1, 0.15) is 0 Å². The third-order valence-corrected chi connectivity index (χ3v) is 3.15. The minimum absolute atomic E-state index is 0.180. The largest absolute Gasteiger partial charge is 0.481 e. The van der Waals surface area contributed by atoms with E-state index in [2.05, 4.69) is 17.4 Å². The van der Waals surface area contributed by atoms with E-state index in [9.17, 15) is 9.59 Å². The quantitative estimate of drug-likeness (QED) is 0.725. The average molecular weight is 282 g/mol. The Labute approximate surface area is 118 Å². The van der Waals surface area contributed by atoms with Crippen molar-refractivity contribution in [3.05, 3.63) is 17.5 Å². The summed E-state index contributed by atoms with van der Waals surface area (Å²) >= 11 is 0.